The maximum Gasteiger partial charge on any atom is 0.461 e. The molecule has 1 aromatic heterocycles. The minimum absolute atomic E-state index is 0.119. The monoisotopic (exact) mass is 460 g/mol. The fraction of sp³-hybridized carbons (Fsp3) is 0.227. The van der Waals surface area contributed by atoms with Crippen molar-refractivity contribution in [1.29, 1.82) is 0 Å². The summed E-state index contributed by atoms with van der Waals surface area (Å²) in [6.45, 7) is 3.61. The van der Waals surface area contributed by atoms with Crippen LogP contribution in [0.1, 0.15) is 19.4 Å². The summed E-state index contributed by atoms with van der Waals surface area (Å²) in [6, 6.07) is 14.6. The number of amides is 3. The Bertz CT molecular complexity index is 1180. The average Bonchev–Trinajstić information content (AvgIpc) is 3.06. The number of pyridine rings is 1. The molecule has 32 heavy (non-hydrogen) atoms. The summed E-state index contributed by atoms with van der Waals surface area (Å²) in [5.41, 5.74) is -3.10. The third-order valence-corrected chi connectivity index (χ3v) is 5.93. The summed E-state index contributed by atoms with van der Waals surface area (Å²) >= 11 is -0.383. The number of rotatable bonds is 5. The molecule has 0 radical (unpaired) electrons. The molecular formula is C22H19F3N4O2S. The Morgan fingerprint density at radius 1 is 1.00 bits per heavy atom. The van der Waals surface area contributed by atoms with Gasteiger partial charge in [0.1, 0.15) is 6.54 Å². The van der Waals surface area contributed by atoms with Crippen LogP contribution < -0.4 is 9.62 Å². The molecule has 166 valence electrons. The summed E-state index contributed by atoms with van der Waals surface area (Å²) in [5, 5.41) is 0.885. The fourth-order valence-electron chi connectivity index (χ4n) is 3.76. The lowest BCUT2D eigenvalue weighted by Crippen LogP contribution is -2.44. The van der Waals surface area contributed by atoms with Gasteiger partial charge in [0.25, 0.3) is 5.91 Å². The van der Waals surface area contributed by atoms with Crippen LogP contribution in [-0.4, -0.2) is 33.9 Å². The number of alkyl halides is 3. The van der Waals surface area contributed by atoms with E-state index >= 15 is 0 Å². The van der Waals surface area contributed by atoms with Crippen LogP contribution in [0, 0.1) is 0 Å². The van der Waals surface area contributed by atoms with Crippen LogP contribution in [0.15, 0.2) is 60.8 Å². The van der Waals surface area contributed by atoms with Gasteiger partial charge in [-0.3, -0.25) is 9.78 Å². The SMILES string of the molecule is CC(C)(c1ccnc2ccccc12)N1CC(=O)N(c2ccc(NSC(F)(F)F)cc2)C1=O. The van der Waals surface area contributed by atoms with E-state index < -0.39 is 23.0 Å². The minimum atomic E-state index is -4.43. The van der Waals surface area contributed by atoms with Crippen molar-refractivity contribution in [3.8, 4) is 0 Å². The molecule has 1 aliphatic rings. The zero-order valence-electron chi connectivity index (χ0n) is 17.2. The largest absolute Gasteiger partial charge is 0.461 e. The second kappa shape index (κ2) is 8.01. The van der Waals surface area contributed by atoms with E-state index in [9.17, 15) is 22.8 Å². The quantitative estimate of drug-likeness (QED) is 0.401. The first kappa shape index (κ1) is 21.9. The van der Waals surface area contributed by atoms with Gasteiger partial charge in [-0.2, -0.15) is 13.2 Å². The van der Waals surface area contributed by atoms with Crippen LogP contribution in [-0.2, 0) is 10.3 Å². The van der Waals surface area contributed by atoms with E-state index in [1.165, 1.54) is 29.2 Å². The zero-order chi connectivity index (χ0) is 23.1. The van der Waals surface area contributed by atoms with E-state index in [0.29, 0.717) is 5.69 Å². The van der Waals surface area contributed by atoms with Gasteiger partial charge in [0.2, 0.25) is 0 Å². The second-order valence-corrected chi connectivity index (χ2v) is 8.60. The fourth-order valence-corrected chi connectivity index (χ4v) is 4.13. The maximum atomic E-state index is 13.3. The molecule has 4 rings (SSSR count). The average molecular weight is 460 g/mol. The van der Waals surface area contributed by atoms with Crippen LogP contribution in [0.4, 0.5) is 29.3 Å². The second-order valence-electron chi connectivity index (χ2n) is 7.73. The molecule has 2 aromatic carbocycles. The van der Waals surface area contributed by atoms with Crippen molar-refractivity contribution in [2.45, 2.75) is 24.9 Å². The number of carbonyl (C=O) groups is 2. The van der Waals surface area contributed by atoms with Crippen molar-refractivity contribution in [2.75, 3.05) is 16.2 Å². The Morgan fingerprint density at radius 3 is 2.38 bits per heavy atom. The Hall–Kier alpha value is -3.27. The van der Waals surface area contributed by atoms with Crippen LogP contribution >= 0.6 is 11.9 Å². The van der Waals surface area contributed by atoms with E-state index in [1.54, 1.807) is 6.20 Å². The van der Waals surface area contributed by atoms with Crippen molar-refractivity contribution in [3.05, 3.63) is 66.4 Å². The molecule has 0 aliphatic carbocycles. The van der Waals surface area contributed by atoms with Crippen molar-refractivity contribution in [1.82, 2.24) is 9.88 Å². The van der Waals surface area contributed by atoms with Gasteiger partial charge in [0.15, 0.2) is 0 Å². The lowest BCUT2D eigenvalue weighted by Gasteiger charge is -2.35. The molecule has 0 saturated carbocycles. The van der Waals surface area contributed by atoms with Crippen molar-refractivity contribution in [2.24, 2.45) is 0 Å². The lowest BCUT2D eigenvalue weighted by atomic mass is 9.90. The number of imide groups is 1. The van der Waals surface area contributed by atoms with Gasteiger partial charge in [-0.15, -0.1) is 0 Å². The minimum Gasteiger partial charge on any atom is -0.323 e. The summed E-state index contributed by atoms with van der Waals surface area (Å²) < 4.78 is 39.2. The van der Waals surface area contributed by atoms with Crippen molar-refractivity contribution < 1.29 is 22.8 Å². The Kier molecular flexibility index (Phi) is 5.49. The lowest BCUT2D eigenvalue weighted by molar-refractivity contribution is -0.117. The normalized spacial score (nSPS) is 15.0. The highest BCUT2D eigenvalue weighted by Gasteiger charge is 2.45. The Morgan fingerprint density at radius 2 is 1.69 bits per heavy atom. The summed E-state index contributed by atoms with van der Waals surface area (Å²) in [6.07, 6.45) is 1.67. The van der Waals surface area contributed by atoms with Crippen LogP contribution in [0.3, 0.4) is 0 Å². The molecular weight excluding hydrogens is 441 g/mol. The Labute approximate surface area is 186 Å². The molecule has 1 fully saturated rings. The molecule has 0 spiro atoms. The predicted octanol–water partition coefficient (Wildman–Crippen LogP) is 5.52. The summed E-state index contributed by atoms with van der Waals surface area (Å²) in [7, 11) is 0. The number of aromatic nitrogens is 1. The van der Waals surface area contributed by atoms with E-state index in [4.69, 9.17) is 0 Å². The van der Waals surface area contributed by atoms with Crippen molar-refractivity contribution >= 4 is 46.2 Å². The maximum absolute atomic E-state index is 13.3. The number of urea groups is 1. The van der Waals surface area contributed by atoms with Gasteiger partial charge in [-0.25, -0.2) is 9.69 Å². The number of nitrogens with one attached hydrogen (secondary N) is 1. The number of hydrogen-bond donors (Lipinski definition) is 1. The highest BCUT2D eigenvalue weighted by molar-refractivity contribution is 8.01. The Balaban J connectivity index is 1.60. The first-order chi connectivity index (χ1) is 15.1. The molecule has 6 nitrogen and oxygen atoms in total. The van der Waals surface area contributed by atoms with E-state index in [2.05, 4.69) is 9.71 Å². The number of benzene rings is 2. The van der Waals surface area contributed by atoms with Gasteiger partial charge in [-0.05, 0) is 55.8 Å². The van der Waals surface area contributed by atoms with E-state index in [0.717, 1.165) is 21.4 Å². The van der Waals surface area contributed by atoms with Crippen LogP contribution in [0.5, 0.6) is 0 Å². The molecule has 1 saturated heterocycles. The summed E-state index contributed by atoms with van der Waals surface area (Å²) in [5.74, 6) is -0.410. The summed E-state index contributed by atoms with van der Waals surface area (Å²) in [4.78, 5) is 32.9. The van der Waals surface area contributed by atoms with Crippen molar-refractivity contribution in [3.63, 3.8) is 0 Å². The molecule has 1 N–H and O–H groups in total. The van der Waals surface area contributed by atoms with Gasteiger partial charge in [0.05, 0.1) is 28.7 Å². The van der Waals surface area contributed by atoms with Crippen LogP contribution in [0.2, 0.25) is 0 Å². The number of carbonyl (C=O) groups excluding carboxylic acids is 2. The smallest absolute Gasteiger partial charge is 0.323 e. The topological polar surface area (TPSA) is 65.5 Å². The number of nitrogens with zero attached hydrogens (tertiary/aromatic N) is 3. The molecule has 2 heterocycles. The number of halogens is 3. The molecule has 3 amide bonds. The van der Waals surface area contributed by atoms with E-state index in [-0.39, 0.29) is 24.2 Å². The number of anilines is 2. The number of hydrogen-bond acceptors (Lipinski definition) is 5. The number of fused-ring (bicyclic) bond motifs is 1. The third-order valence-electron chi connectivity index (χ3n) is 5.36. The molecule has 0 bridgehead atoms. The predicted molar refractivity (Wildman–Crippen MR) is 118 cm³/mol. The van der Waals surface area contributed by atoms with Crippen LogP contribution in [0.25, 0.3) is 10.9 Å². The number of para-hydroxylation sites is 1. The first-order valence-electron chi connectivity index (χ1n) is 9.67. The standard InChI is InChI=1S/C22H19F3N4O2S/c1-21(2,17-11-12-26-18-6-4-3-5-16(17)18)28-13-19(30)29(20(28)31)15-9-7-14(8-10-15)27-32-22(23,24)25/h3-12,27H,13H2,1-2H3. The molecule has 1 aliphatic heterocycles. The third kappa shape index (κ3) is 4.10. The van der Waals surface area contributed by atoms with Gasteiger partial charge >= 0.3 is 11.5 Å². The molecule has 10 heteroatoms. The van der Waals surface area contributed by atoms with Gasteiger partial charge in [-0.1, -0.05) is 18.2 Å². The molecule has 0 atom stereocenters. The highest BCUT2D eigenvalue weighted by Crippen LogP contribution is 2.37. The highest BCUT2D eigenvalue weighted by atomic mass is 32.2. The zero-order valence-corrected chi connectivity index (χ0v) is 18.0. The molecule has 0 unspecified atom stereocenters. The first-order valence-corrected chi connectivity index (χ1v) is 10.5. The van der Waals surface area contributed by atoms with Gasteiger partial charge < -0.3 is 9.62 Å². The van der Waals surface area contributed by atoms with E-state index in [1.807, 2.05) is 44.2 Å². The molecule has 3 aromatic rings. The van der Waals surface area contributed by atoms with Gasteiger partial charge in [0, 0.05) is 17.3 Å².